The maximum absolute atomic E-state index is 11.2. The van der Waals surface area contributed by atoms with E-state index in [1.807, 2.05) is 0 Å². The molecule has 0 aliphatic carbocycles. The number of hydrogen-bond acceptors (Lipinski definition) is 4. The predicted molar refractivity (Wildman–Crippen MR) is 50.2 cm³/mol. The maximum Gasteiger partial charge on any atom is 0.359 e. The normalized spacial score (nSPS) is 10.4. The fourth-order valence-electron chi connectivity index (χ4n) is 1.17. The minimum absolute atomic E-state index is 0.153. The molecule has 0 aliphatic heterocycles. The Morgan fingerprint density at radius 2 is 2.43 bits per heavy atom. The Balaban J connectivity index is 2.73. The Labute approximate surface area is 84.0 Å². The summed E-state index contributed by atoms with van der Waals surface area (Å²) >= 11 is 5.83. The molecule has 0 spiro atoms. The van der Waals surface area contributed by atoms with Gasteiger partial charge in [0.2, 0.25) is 0 Å². The average molecular weight is 212 g/mol. The molecule has 0 radical (unpaired) electrons. The monoisotopic (exact) mass is 211 g/mol. The van der Waals surface area contributed by atoms with Gasteiger partial charge in [-0.05, 0) is 6.07 Å². The zero-order chi connectivity index (χ0) is 10.1. The number of rotatable bonds is 1. The fraction of sp³-hybridized carbons (Fsp3) is 0.125. The van der Waals surface area contributed by atoms with Crippen molar-refractivity contribution in [2.75, 3.05) is 7.11 Å². The van der Waals surface area contributed by atoms with E-state index in [1.165, 1.54) is 13.3 Å². The van der Waals surface area contributed by atoms with Crippen LogP contribution in [0.15, 0.2) is 12.3 Å². The molecule has 0 fully saturated rings. The lowest BCUT2D eigenvalue weighted by Crippen LogP contribution is -2.02. The summed E-state index contributed by atoms with van der Waals surface area (Å²) in [6.45, 7) is 0. The van der Waals surface area contributed by atoms with Gasteiger partial charge in [0, 0.05) is 6.20 Å². The third kappa shape index (κ3) is 1.22. The molecule has 0 saturated carbocycles. The number of halogens is 1. The first-order valence-corrected chi connectivity index (χ1v) is 4.18. The van der Waals surface area contributed by atoms with Crippen molar-refractivity contribution in [1.82, 2.24) is 15.2 Å². The van der Waals surface area contributed by atoms with Gasteiger partial charge in [-0.2, -0.15) is 5.10 Å². The first-order valence-electron chi connectivity index (χ1n) is 3.81. The number of carbonyl (C=O) groups is 1. The first-order chi connectivity index (χ1) is 6.74. The lowest BCUT2D eigenvalue weighted by atomic mass is 10.2. The van der Waals surface area contributed by atoms with Gasteiger partial charge in [-0.1, -0.05) is 11.6 Å². The predicted octanol–water partition coefficient (Wildman–Crippen LogP) is 1.40. The van der Waals surface area contributed by atoms with Crippen molar-refractivity contribution in [3.8, 4) is 0 Å². The Hall–Kier alpha value is -1.62. The summed E-state index contributed by atoms with van der Waals surface area (Å²) in [5.74, 6) is -0.536. The summed E-state index contributed by atoms with van der Waals surface area (Å²) in [4.78, 5) is 15.1. The van der Waals surface area contributed by atoms with Crippen molar-refractivity contribution < 1.29 is 9.53 Å². The average Bonchev–Trinajstić information content (AvgIpc) is 2.62. The fourth-order valence-corrected chi connectivity index (χ4v) is 1.42. The van der Waals surface area contributed by atoms with Gasteiger partial charge in [-0.3, -0.25) is 5.10 Å². The van der Waals surface area contributed by atoms with E-state index in [0.29, 0.717) is 10.9 Å². The largest absolute Gasteiger partial charge is 0.464 e. The van der Waals surface area contributed by atoms with Crippen LogP contribution in [0.4, 0.5) is 0 Å². The lowest BCUT2D eigenvalue weighted by Gasteiger charge is -1.95. The zero-order valence-corrected chi connectivity index (χ0v) is 8.00. The molecule has 0 aromatic carbocycles. The van der Waals surface area contributed by atoms with Crippen molar-refractivity contribution in [2.45, 2.75) is 0 Å². The number of nitrogens with one attached hydrogen (secondary N) is 1. The smallest absolute Gasteiger partial charge is 0.359 e. The van der Waals surface area contributed by atoms with E-state index < -0.39 is 5.97 Å². The number of ether oxygens (including phenoxy) is 1. The van der Waals surface area contributed by atoms with Gasteiger partial charge in [-0.25, -0.2) is 9.78 Å². The van der Waals surface area contributed by atoms with Crippen molar-refractivity contribution in [3.63, 3.8) is 0 Å². The summed E-state index contributed by atoms with van der Waals surface area (Å²) in [7, 11) is 1.28. The van der Waals surface area contributed by atoms with Crippen LogP contribution in [0.1, 0.15) is 10.5 Å². The molecule has 1 N–H and O–H groups in total. The second kappa shape index (κ2) is 3.26. The minimum Gasteiger partial charge on any atom is -0.464 e. The number of nitrogens with zero attached hydrogens (tertiary/aromatic N) is 2. The molecule has 0 bridgehead atoms. The number of aromatic amines is 1. The van der Waals surface area contributed by atoms with E-state index in [2.05, 4.69) is 19.9 Å². The number of carbonyl (C=O) groups excluding carboxylic acids is 1. The highest BCUT2D eigenvalue weighted by Gasteiger charge is 2.17. The van der Waals surface area contributed by atoms with Crippen LogP contribution in [0.2, 0.25) is 5.15 Å². The van der Waals surface area contributed by atoms with Gasteiger partial charge in [-0.15, -0.1) is 0 Å². The number of esters is 1. The van der Waals surface area contributed by atoms with Crippen LogP contribution >= 0.6 is 11.6 Å². The number of methoxy groups -OCH3 is 1. The second-order valence-corrected chi connectivity index (χ2v) is 2.95. The summed E-state index contributed by atoms with van der Waals surface area (Å²) < 4.78 is 4.55. The molecule has 2 rings (SSSR count). The molecule has 0 saturated heterocycles. The molecule has 0 amide bonds. The summed E-state index contributed by atoms with van der Waals surface area (Å²) in [5.41, 5.74) is 0.811. The van der Waals surface area contributed by atoms with Crippen LogP contribution in [0.25, 0.3) is 10.9 Å². The maximum atomic E-state index is 11.2. The Morgan fingerprint density at radius 3 is 3.14 bits per heavy atom. The van der Waals surface area contributed by atoms with Crippen LogP contribution in [0, 0.1) is 0 Å². The summed E-state index contributed by atoms with van der Waals surface area (Å²) in [6, 6.07) is 1.68. The van der Waals surface area contributed by atoms with Gasteiger partial charge in [0.15, 0.2) is 5.69 Å². The second-order valence-electron chi connectivity index (χ2n) is 2.59. The van der Waals surface area contributed by atoms with E-state index in [1.54, 1.807) is 6.07 Å². The molecular weight excluding hydrogens is 206 g/mol. The molecule has 2 heterocycles. The molecule has 72 valence electrons. The SMILES string of the molecule is COC(=O)c1n[nH]c2ccnc(Cl)c12. The van der Waals surface area contributed by atoms with Crippen LogP contribution in [-0.4, -0.2) is 28.3 Å². The van der Waals surface area contributed by atoms with Crippen LogP contribution in [0.3, 0.4) is 0 Å². The summed E-state index contributed by atoms with van der Waals surface area (Å²) in [5, 5.41) is 7.19. The molecule has 14 heavy (non-hydrogen) atoms. The van der Waals surface area contributed by atoms with Gasteiger partial charge >= 0.3 is 5.97 Å². The number of aromatic nitrogens is 3. The number of pyridine rings is 1. The van der Waals surface area contributed by atoms with Crippen molar-refractivity contribution >= 4 is 28.5 Å². The highest BCUT2D eigenvalue weighted by Crippen LogP contribution is 2.22. The molecule has 2 aromatic rings. The lowest BCUT2D eigenvalue weighted by molar-refractivity contribution is 0.0596. The topological polar surface area (TPSA) is 67.9 Å². The molecule has 0 aliphatic rings. The van der Waals surface area contributed by atoms with E-state index in [-0.39, 0.29) is 10.8 Å². The van der Waals surface area contributed by atoms with E-state index >= 15 is 0 Å². The van der Waals surface area contributed by atoms with Crippen molar-refractivity contribution in [3.05, 3.63) is 23.1 Å². The third-order valence-corrected chi connectivity index (χ3v) is 2.09. The first kappa shape index (κ1) is 8.96. The van der Waals surface area contributed by atoms with Gasteiger partial charge < -0.3 is 4.74 Å². The van der Waals surface area contributed by atoms with Crippen LogP contribution in [0.5, 0.6) is 0 Å². The molecule has 2 aromatic heterocycles. The Kier molecular flexibility index (Phi) is 2.09. The van der Waals surface area contributed by atoms with Gasteiger partial charge in [0.05, 0.1) is 18.0 Å². The molecule has 5 nitrogen and oxygen atoms in total. The number of H-pyrrole nitrogens is 1. The summed E-state index contributed by atoms with van der Waals surface area (Å²) in [6.07, 6.45) is 1.53. The van der Waals surface area contributed by atoms with E-state index in [0.717, 1.165) is 0 Å². The van der Waals surface area contributed by atoms with Crippen LogP contribution < -0.4 is 0 Å². The minimum atomic E-state index is -0.536. The van der Waals surface area contributed by atoms with Gasteiger partial charge in [0.25, 0.3) is 0 Å². The van der Waals surface area contributed by atoms with E-state index in [4.69, 9.17) is 11.6 Å². The Bertz CT molecular complexity index is 494. The molecule has 0 unspecified atom stereocenters. The van der Waals surface area contributed by atoms with Gasteiger partial charge in [0.1, 0.15) is 5.15 Å². The van der Waals surface area contributed by atoms with Crippen LogP contribution in [-0.2, 0) is 4.74 Å². The third-order valence-electron chi connectivity index (χ3n) is 1.81. The van der Waals surface area contributed by atoms with Crippen molar-refractivity contribution in [2.24, 2.45) is 0 Å². The molecule has 0 atom stereocenters. The Morgan fingerprint density at radius 1 is 1.64 bits per heavy atom. The quantitative estimate of drug-likeness (QED) is 0.572. The van der Waals surface area contributed by atoms with Crippen molar-refractivity contribution in [1.29, 1.82) is 0 Å². The highest BCUT2D eigenvalue weighted by atomic mass is 35.5. The standard InChI is InChI=1S/C8H6ClN3O2/c1-14-8(13)6-5-4(11-12-6)2-3-10-7(5)9/h2-3H,1H3,(H,11,12). The number of hydrogen-bond donors (Lipinski definition) is 1. The zero-order valence-electron chi connectivity index (χ0n) is 7.24. The number of fused-ring (bicyclic) bond motifs is 1. The molecular formula is C8H6ClN3O2. The molecule has 6 heteroatoms. The highest BCUT2D eigenvalue weighted by molar-refractivity contribution is 6.35. The van der Waals surface area contributed by atoms with E-state index in [9.17, 15) is 4.79 Å².